The predicted octanol–water partition coefficient (Wildman–Crippen LogP) is 3.69. The third-order valence-corrected chi connectivity index (χ3v) is 3.54. The topological polar surface area (TPSA) is 21.3 Å². The average Bonchev–Trinajstić information content (AvgIpc) is 2.57. The zero-order valence-electron chi connectivity index (χ0n) is 8.47. The summed E-state index contributed by atoms with van der Waals surface area (Å²) in [5, 5.41) is 4.19. The molecule has 1 aliphatic rings. The summed E-state index contributed by atoms with van der Waals surface area (Å²) in [5.74, 6) is 0. The summed E-state index contributed by atoms with van der Waals surface area (Å²) in [6.45, 7) is 2.93. The van der Waals surface area contributed by atoms with Gasteiger partial charge >= 0.3 is 0 Å². The lowest BCUT2D eigenvalue weighted by molar-refractivity contribution is 0.121. The summed E-state index contributed by atoms with van der Waals surface area (Å²) in [4.78, 5) is 0. The van der Waals surface area contributed by atoms with Gasteiger partial charge in [0.15, 0.2) is 0 Å². The van der Waals surface area contributed by atoms with Gasteiger partial charge in [-0.05, 0) is 47.5 Å². The van der Waals surface area contributed by atoms with Crippen LogP contribution in [0.2, 0.25) is 5.02 Å². The van der Waals surface area contributed by atoms with E-state index in [4.69, 9.17) is 16.3 Å². The van der Waals surface area contributed by atoms with E-state index >= 15 is 0 Å². The Morgan fingerprint density at radius 2 is 2.33 bits per heavy atom. The molecule has 0 radical (unpaired) electrons. The Kier molecular flexibility index (Phi) is 3.54. The maximum absolute atomic E-state index is 5.88. The molecule has 15 heavy (non-hydrogen) atoms. The maximum Gasteiger partial charge on any atom is 0.0748 e. The van der Waals surface area contributed by atoms with Crippen LogP contribution in [0.3, 0.4) is 0 Å². The van der Waals surface area contributed by atoms with Crippen LogP contribution in [0, 0.1) is 0 Å². The Morgan fingerprint density at radius 3 is 2.93 bits per heavy atom. The van der Waals surface area contributed by atoms with Crippen LogP contribution < -0.4 is 5.32 Å². The van der Waals surface area contributed by atoms with E-state index in [1.807, 2.05) is 18.2 Å². The second-order valence-corrected chi connectivity index (χ2v) is 5.03. The number of halogens is 2. The zero-order chi connectivity index (χ0) is 10.8. The second-order valence-electron chi connectivity index (χ2n) is 3.74. The molecule has 0 aromatic heterocycles. The average molecular weight is 291 g/mol. The van der Waals surface area contributed by atoms with Gasteiger partial charge < -0.3 is 10.1 Å². The Hall–Kier alpha value is -0.250. The fourth-order valence-corrected chi connectivity index (χ4v) is 2.52. The highest BCUT2D eigenvalue weighted by atomic mass is 79.9. The molecule has 1 saturated heterocycles. The van der Waals surface area contributed by atoms with Crippen molar-refractivity contribution in [3.05, 3.63) is 27.7 Å². The molecule has 0 amide bonds. The van der Waals surface area contributed by atoms with E-state index in [-0.39, 0.29) is 6.10 Å². The van der Waals surface area contributed by atoms with Gasteiger partial charge in [0, 0.05) is 21.8 Å². The number of hydrogen-bond acceptors (Lipinski definition) is 2. The predicted molar refractivity (Wildman–Crippen MR) is 66.6 cm³/mol. The molecule has 1 fully saturated rings. The molecule has 4 heteroatoms. The van der Waals surface area contributed by atoms with Gasteiger partial charge in [-0.2, -0.15) is 0 Å². The van der Waals surface area contributed by atoms with Crippen molar-refractivity contribution in [2.24, 2.45) is 0 Å². The molecule has 82 valence electrons. The largest absolute Gasteiger partial charge is 0.379 e. The fraction of sp³-hybridized carbons (Fsp3) is 0.455. The molecule has 2 nitrogen and oxygen atoms in total. The molecular formula is C11H13BrClNO. The first-order chi connectivity index (χ1) is 7.16. The van der Waals surface area contributed by atoms with Crippen molar-refractivity contribution in [3.63, 3.8) is 0 Å². The smallest absolute Gasteiger partial charge is 0.0748 e. The van der Waals surface area contributed by atoms with Gasteiger partial charge in [-0.25, -0.2) is 0 Å². The van der Waals surface area contributed by atoms with Crippen LogP contribution in [0.1, 0.15) is 13.3 Å². The van der Waals surface area contributed by atoms with E-state index in [1.165, 1.54) is 0 Å². The second kappa shape index (κ2) is 4.73. The molecule has 1 N–H and O–H groups in total. The lowest BCUT2D eigenvalue weighted by atomic mass is 10.1. The van der Waals surface area contributed by atoms with Crippen LogP contribution in [0.4, 0.5) is 5.69 Å². The van der Waals surface area contributed by atoms with Crippen LogP contribution >= 0.6 is 27.5 Å². The monoisotopic (exact) mass is 289 g/mol. The Balaban J connectivity index is 2.10. The molecule has 1 aromatic rings. The van der Waals surface area contributed by atoms with Crippen LogP contribution in [-0.4, -0.2) is 18.8 Å². The number of ether oxygens (including phenoxy) is 1. The van der Waals surface area contributed by atoms with E-state index in [0.717, 1.165) is 28.2 Å². The van der Waals surface area contributed by atoms with Crippen LogP contribution in [0.5, 0.6) is 0 Å². The maximum atomic E-state index is 5.88. The molecule has 1 heterocycles. The van der Waals surface area contributed by atoms with Gasteiger partial charge in [0.25, 0.3) is 0 Å². The molecule has 2 atom stereocenters. The van der Waals surface area contributed by atoms with Crippen molar-refractivity contribution < 1.29 is 4.74 Å². The number of benzene rings is 1. The summed E-state index contributed by atoms with van der Waals surface area (Å²) < 4.78 is 6.49. The van der Waals surface area contributed by atoms with Gasteiger partial charge in [0.1, 0.15) is 0 Å². The van der Waals surface area contributed by atoms with E-state index < -0.39 is 0 Å². The Morgan fingerprint density at radius 1 is 1.53 bits per heavy atom. The first-order valence-corrected chi connectivity index (χ1v) is 6.17. The number of anilines is 1. The Labute approximate surface area is 103 Å². The number of hydrogen-bond donors (Lipinski definition) is 1. The standard InChI is InChI=1S/C11H13BrClNO/c1-7-10(4-5-15-7)14-11-3-2-8(13)6-9(11)12/h2-3,6-7,10,14H,4-5H2,1H3. The van der Waals surface area contributed by atoms with E-state index in [2.05, 4.69) is 28.2 Å². The van der Waals surface area contributed by atoms with Crippen molar-refractivity contribution in [1.29, 1.82) is 0 Å². The summed E-state index contributed by atoms with van der Waals surface area (Å²) in [6.07, 6.45) is 1.32. The highest BCUT2D eigenvalue weighted by Gasteiger charge is 2.24. The molecule has 2 rings (SSSR count). The van der Waals surface area contributed by atoms with Crippen molar-refractivity contribution in [2.45, 2.75) is 25.5 Å². The summed E-state index contributed by atoms with van der Waals surface area (Å²) in [7, 11) is 0. The molecular weight excluding hydrogens is 277 g/mol. The molecule has 1 aliphatic heterocycles. The van der Waals surface area contributed by atoms with E-state index in [0.29, 0.717) is 6.04 Å². The fourth-order valence-electron chi connectivity index (χ4n) is 1.73. The lowest BCUT2D eigenvalue weighted by Crippen LogP contribution is -2.26. The van der Waals surface area contributed by atoms with Crippen molar-refractivity contribution in [2.75, 3.05) is 11.9 Å². The minimum atomic E-state index is 0.271. The third kappa shape index (κ3) is 2.65. The van der Waals surface area contributed by atoms with Gasteiger partial charge in [-0.1, -0.05) is 11.6 Å². The molecule has 0 bridgehead atoms. The molecule has 2 unspecified atom stereocenters. The first-order valence-electron chi connectivity index (χ1n) is 5.00. The van der Waals surface area contributed by atoms with Gasteiger partial charge in [0.05, 0.1) is 12.1 Å². The van der Waals surface area contributed by atoms with Gasteiger partial charge in [-0.15, -0.1) is 0 Å². The molecule has 0 spiro atoms. The van der Waals surface area contributed by atoms with Crippen molar-refractivity contribution >= 4 is 33.2 Å². The third-order valence-electron chi connectivity index (χ3n) is 2.65. The zero-order valence-corrected chi connectivity index (χ0v) is 10.8. The minimum Gasteiger partial charge on any atom is -0.379 e. The highest BCUT2D eigenvalue weighted by molar-refractivity contribution is 9.10. The van der Waals surface area contributed by atoms with Crippen molar-refractivity contribution in [3.8, 4) is 0 Å². The number of rotatable bonds is 2. The normalized spacial score (nSPS) is 25.5. The summed E-state index contributed by atoms with van der Waals surface area (Å²) in [5.41, 5.74) is 1.07. The van der Waals surface area contributed by atoms with Crippen LogP contribution in [-0.2, 0) is 4.74 Å². The van der Waals surface area contributed by atoms with Crippen LogP contribution in [0.25, 0.3) is 0 Å². The minimum absolute atomic E-state index is 0.271. The summed E-state index contributed by atoms with van der Waals surface area (Å²) in [6, 6.07) is 6.15. The quantitative estimate of drug-likeness (QED) is 0.897. The molecule has 1 aromatic carbocycles. The van der Waals surface area contributed by atoms with E-state index in [1.54, 1.807) is 0 Å². The van der Waals surface area contributed by atoms with Crippen molar-refractivity contribution in [1.82, 2.24) is 0 Å². The van der Waals surface area contributed by atoms with Crippen LogP contribution in [0.15, 0.2) is 22.7 Å². The van der Waals surface area contributed by atoms with E-state index in [9.17, 15) is 0 Å². The molecule has 0 saturated carbocycles. The highest BCUT2D eigenvalue weighted by Crippen LogP contribution is 2.28. The summed E-state index contributed by atoms with van der Waals surface area (Å²) >= 11 is 9.37. The molecule has 0 aliphatic carbocycles. The SMILES string of the molecule is CC1OCCC1Nc1ccc(Cl)cc1Br. The van der Waals surface area contributed by atoms with Gasteiger partial charge in [0.2, 0.25) is 0 Å². The number of nitrogens with one attached hydrogen (secondary N) is 1. The van der Waals surface area contributed by atoms with Gasteiger partial charge in [-0.3, -0.25) is 0 Å². The lowest BCUT2D eigenvalue weighted by Gasteiger charge is -2.18. The Bertz CT molecular complexity index is 358. The first kappa shape index (κ1) is 11.2.